The molecule has 0 aliphatic heterocycles. The zero-order chi connectivity index (χ0) is 17.5. The molecule has 0 heterocycles. The van der Waals surface area contributed by atoms with E-state index >= 15 is 0 Å². The second-order valence-corrected chi connectivity index (χ2v) is 6.07. The first kappa shape index (κ1) is 18.7. The van der Waals surface area contributed by atoms with E-state index in [-0.39, 0.29) is 13.2 Å². The standard InChI is InChI=1S/C17H23NO5/c1-13(15(20)23-17(2,3)4)18(10-11-19)16(21)22-12-14-8-6-5-7-9-14/h5-9,11,13H,10,12H2,1-4H3/t13-/m0/s1. The van der Waals surface area contributed by atoms with Crippen LogP contribution in [-0.4, -0.2) is 41.4 Å². The predicted octanol–water partition coefficient (Wildman–Crippen LogP) is 2.55. The van der Waals surface area contributed by atoms with E-state index in [2.05, 4.69) is 0 Å². The Morgan fingerprint density at radius 3 is 2.35 bits per heavy atom. The van der Waals surface area contributed by atoms with Crippen molar-refractivity contribution in [1.82, 2.24) is 4.90 Å². The number of nitrogens with zero attached hydrogens (tertiary/aromatic N) is 1. The van der Waals surface area contributed by atoms with E-state index in [1.807, 2.05) is 30.3 Å². The van der Waals surface area contributed by atoms with Crippen LogP contribution in [0.2, 0.25) is 0 Å². The summed E-state index contributed by atoms with van der Waals surface area (Å²) in [7, 11) is 0. The Morgan fingerprint density at radius 2 is 1.83 bits per heavy atom. The minimum Gasteiger partial charge on any atom is -0.458 e. The van der Waals surface area contributed by atoms with Crippen LogP contribution in [-0.2, 0) is 25.7 Å². The monoisotopic (exact) mass is 321 g/mol. The zero-order valence-electron chi connectivity index (χ0n) is 13.9. The van der Waals surface area contributed by atoms with E-state index in [4.69, 9.17) is 9.47 Å². The molecule has 6 nitrogen and oxygen atoms in total. The number of carbonyl (C=O) groups excluding carboxylic acids is 3. The van der Waals surface area contributed by atoms with E-state index in [9.17, 15) is 14.4 Å². The first-order chi connectivity index (χ1) is 10.7. The van der Waals surface area contributed by atoms with Crippen molar-refractivity contribution in [1.29, 1.82) is 0 Å². The summed E-state index contributed by atoms with van der Waals surface area (Å²) in [6.07, 6.45) is -0.190. The van der Waals surface area contributed by atoms with E-state index in [0.29, 0.717) is 6.29 Å². The molecule has 0 aliphatic carbocycles. The number of aldehydes is 1. The van der Waals surface area contributed by atoms with Crippen molar-refractivity contribution in [3.63, 3.8) is 0 Å². The summed E-state index contributed by atoms with van der Waals surface area (Å²) in [6.45, 7) is 6.52. The third-order valence-corrected chi connectivity index (χ3v) is 2.93. The van der Waals surface area contributed by atoms with Gasteiger partial charge in [0.1, 0.15) is 24.5 Å². The number of carbonyl (C=O) groups is 3. The molecule has 1 aromatic rings. The van der Waals surface area contributed by atoms with Crippen LogP contribution in [0.25, 0.3) is 0 Å². The number of benzene rings is 1. The van der Waals surface area contributed by atoms with Crippen LogP contribution in [0.3, 0.4) is 0 Å². The lowest BCUT2D eigenvalue weighted by Crippen LogP contribution is -2.46. The van der Waals surface area contributed by atoms with Gasteiger partial charge >= 0.3 is 12.1 Å². The van der Waals surface area contributed by atoms with Crippen molar-refractivity contribution in [2.75, 3.05) is 6.54 Å². The van der Waals surface area contributed by atoms with Gasteiger partial charge in [-0.25, -0.2) is 9.59 Å². The molecule has 0 spiro atoms. The van der Waals surface area contributed by atoms with Gasteiger partial charge in [-0.2, -0.15) is 0 Å². The van der Waals surface area contributed by atoms with Crippen molar-refractivity contribution < 1.29 is 23.9 Å². The highest BCUT2D eigenvalue weighted by Gasteiger charge is 2.30. The van der Waals surface area contributed by atoms with Crippen LogP contribution in [0, 0.1) is 0 Å². The quantitative estimate of drug-likeness (QED) is 0.595. The summed E-state index contributed by atoms with van der Waals surface area (Å²) in [6, 6.07) is 8.23. The van der Waals surface area contributed by atoms with E-state index in [1.165, 1.54) is 6.92 Å². The fourth-order valence-corrected chi connectivity index (χ4v) is 1.79. The molecule has 0 unspecified atom stereocenters. The molecule has 1 amide bonds. The molecule has 0 bridgehead atoms. The highest BCUT2D eigenvalue weighted by Crippen LogP contribution is 2.12. The van der Waals surface area contributed by atoms with Crippen molar-refractivity contribution >= 4 is 18.3 Å². The molecule has 0 saturated carbocycles. The molecule has 1 rings (SSSR count). The van der Waals surface area contributed by atoms with Gasteiger partial charge in [-0.15, -0.1) is 0 Å². The Hall–Kier alpha value is -2.37. The average Bonchev–Trinajstić information content (AvgIpc) is 2.49. The van der Waals surface area contributed by atoms with Gasteiger partial charge in [0.2, 0.25) is 0 Å². The summed E-state index contributed by atoms with van der Waals surface area (Å²) in [5.41, 5.74) is 0.142. The van der Waals surface area contributed by atoms with Gasteiger partial charge in [0, 0.05) is 0 Å². The minimum absolute atomic E-state index is 0.0655. The lowest BCUT2D eigenvalue weighted by molar-refractivity contribution is -0.160. The molecule has 126 valence electrons. The van der Waals surface area contributed by atoms with Gasteiger partial charge in [-0.3, -0.25) is 4.90 Å². The predicted molar refractivity (Wildman–Crippen MR) is 84.7 cm³/mol. The molecule has 6 heteroatoms. The Morgan fingerprint density at radius 1 is 1.22 bits per heavy atom. The molecular weight excluding hydrogens is 298 g/mol. The Bertz CT molecular complexity index is 536. The number of esters is 1. The molecule has 1 aromatic carbocycles. The van der Waals surface area contributed by atoms with Gasteiger partial charge in [-0.05, 0) is 33.3 Å². The molecule has 0 fully saturated rings. The third-order valence-electron chi connectivity index (χ3n) is 2.93. The number of hydrogen-bond acceptors (Lipinski definition) is 5. The fraction of sp³-hybridized carbons (Fsp3) is 0.471. The lowest BCUT2D eigenvalue weighted by Gasteiger charge is -2.28. The van der Waals surface area contributed by atoms with Crippen LogP contribution >= 0.6 is 0 Å². The third kappa shape index (κ3) is 6.50. The van der Waals surface area contributed by atoms with Crippen LogP contribution in [0.1, 0.15) is 33.3 Å². The second-order valence-electron chi connectivity index (χ2n) is 6.07. The van der Waals surface area contributed by atoms with Crippen LogP contribution < -0.4 is 0 Å². The molecule has 1 atom stereocenters. The molecule has 0 radical (unpaired) electrons. The zero-order valence-corrected chi connectivity index (χ0v) is 13.9. The molecular formula is C17H23NO5. The number of rotatable bonds is 6. The maximum absolute atomic E-state index is 12.2. The Kier molecular flexibility index (Phi) is 6.75. The van der Waals surface area contributed by atoms with Crippen LogP contribution in [0.4, 0.5) is 4.79 Å². The van der Waals surface area contributed by atoms with Crippen molar-refractivity contribution in [2.24, 2.45) is 0 Å². The fourth-order valence-electron chi connectivity index (χ4n) is 1.79. The van der Waals surface area contributed by atoms with Gasteiger partial charge in [0.25, 0.3) is 0 Å². The van der Waals surface area contributed by atoms with Crippen molar-refractivity contribution in [3.05, 3.63) is 35.9 Å². The maximum Gasteiger partial charge on any atom is 0.411 e. The van der Waals surface area contributed by atoms with E-state index in [0.717, 1.165) is 10.5 Å². The highest BCUT2D eigenvalue weighted by molar-refractivity contribution is 5.82. The summed E-state index contributed by atoms with van der Waals surface area (Å²) < 4.78 is 10.4. The average molecular weight is 321 g/mol. The smallest absolute Gasteiger partial charge is 0.411 e. The summed E-state index contributed by atoms with van der Waals surface area (Å²) in [5.74, 6) is -0.587. The highest BCUT2D eigenvalue weighted by atomic mass is 16.6. The minimum atomic E-state index is -0.914. The van der Waals surface area contributed by atoms with Crippen LogP contribution in [0.5, 0.6) is 0 Å². The molecule has 0 aromatic heterocycles. The molecule has 0 saturated heterocycles. The number of amides is 1. The second kappa shape index (κ2) is 8.31. The van der Waals surface area contributed by atoms with Gasteiger partial charge in [0.05, 0.1) is 6.54 Å². The van der Waals surface area contributed by atoms with Crippen LogP contribution in [0.15, 0.2) is 30.3 Å². The van der Waals surface area contributed by atoms with Crippen molar-refractivity contribution in [3.8, 4) is 0 Å². The SMILES string of the molecule is C[C@@H](C(=O)OC(C)(C)C)N(CC=O)C(=O)OCc1ccccc1. The first-order valence-electron chi connectivity index (χ1n) is 7.38. The molecule has 0 aliphatic rings. The summed E-state index contributed by atoms with van der Waals surface area (Å²) in [5, 5.41) is 0. The van der Waals surface area contributed by atoms with Crippen molar-refractivity contribution in [2.45, 2.75) is 45.9 Å². The summed E-state index contributed by atoms with van der Waals surface area (Å²) in [4.78, 5) is 36.1. The van der Waals surface area contributed by atoms with E-state index < -0.39 is 23.7 Å². The normalized spacial score (nSPS) is 12.2. The van der Waals surface area contributed by atoms with E-state index in [1.54, 1.807) is 20.8 Å². The number of ether oxygens (including phenoxy) is 2. The Balaban J connectivity index is 2.70. The van der Waals surface area contributed by atoms with Gasteiger partial charge in [0.15, 0.2) is 0 Å². The topological polar surface area (TPSA) is 72.9 Å². The Labute approximate surface area is 136 Å². The van der Waals surface area contributed by atoms with Gasteiger partial charge in [-0.1, -0.05) is 30.3 Å². The lowest BCUT2D eigenvalue weighted by atomic mass is 10.2. The number of hydrogen-bond donors (Lipinski definition) is 0. The van der Waals surface area contributed by atoms with Gasteiger partial charge < -0.3 is 14.3 Å². The first-order valence-corrected chi connectivity index (χ1v) is 7.38. The maximum atomic E-state index is 12.2. The molecule has 23 heavy (non-hydrogen) atoms. The largest absolute Gasteiger partial charge is 0.458 e. The molecule has 0 N–H and O–H groups in total. The summed E-state index contributed by atoms with van der Waals surface area (Å²) >= 11 is 0.